The van der Waals surface area contributed by atoms with Crippen LogP contribution in [0.15, 0.2) is 36.5 Å². The highest BCUT2D eigenvalue weighted by atomic mass is 15.3. The molecule has 0 aliphatic carbocycles. The van der Waals surface area contributed by atoms with Crippen molar-refractivity contribution in [3.8, 4) is 0 Å². The van der Waals surface area contributed by atoms with Crippen LogP contribution in [0.3, 0.4) is 0 Å². The van der Waals surface area contributed by atoms with Crippen molar-refractivity contribution in [3.63, 3.8) is 0 Å². The molecule has 0 saturated heterocycles. The van der Waals surface area contributed by atoms with Gasteiger partial charge >= 0.3 is 0 Å². The van der Waals surface area contributed by atoms with Gasteiger partial charge in [-0.05, 0) is 25.1 Å². The minimum Gasteiger partial charge on any atom is -0.329 e. The first-order valence-corrected chi connectivity index (χ1v) is 5.31. The highest BCUT2D eigenvalue weighted by Gasteiger charge is 2.05. The molecule has 88 valence electrons. The van der Waals surface area contributed by atoms with Crippen LogP contribution in [0.2, 0.25) is 0 Å². The molecule has 2 rings (SSSR count). The Balaban J connectivity index is 2.29. The molecule has 1 heterocycles. The molecule has 0 atom stereocenters. The maximum atomic E-state index is 5.28. The van der Waals surface area contributed by atoms with Crippen molar-refractivity contribution in [3.05, 3.63) is 42.1 Å². The Morgan fingerprint density at radius 2 is 1.88 bits per heavy atom. The van der Waals surface area contributed by atoms with Gasteiger partial charge in [-0.2, -0.15) is 4.98 Å². The van der Waals surface area contributed by atoms with Crippen molar-refractivity contribution in [1.29, 1.82) is 0 Å². The number of nitrogens with two attached hydrogens (primary N) is 1. The standard InChI is InChI=1S/C12H15N5/c1-9-3-5-10(6-4-9)17(2)11-7-8-14-12(15-11)16-13/h3-8H,13H2,1-2H3,(H,14,15,16). The van der Waals surface area contributed by atoms with Gasteiger partial charge in [-0.25, -0.2) is 10.8 Å². The minimum absolute atomic E-state index is 0.404. The molecular weight excluding hydrogens is 214 g/mol. The number of hydrogen-bond donors (Lipinski definition) is 2. The van der Waals surface area contributed by atoms with Crippen molar-refractivity contribution in [2.45, 2.75) is 6.92 Å². The van der Waals surface area contributed by atoms with Crippen LogP contribution >= 0.6 is 0 Å². The number of rotatable bonds is 3. The molecule has 0 aliphatic heterocycles. The maximum absolute atomic E-state index is 5.28. The molecule has 1 aromatic heterocycles. The van der Waals surface area contributed by atoms with Gasteiger partial charge in [0.05, 0.1) is 0 Å². The molecule has 3 N–H and O–H groups in total. The zero-order chi connectivity index (χ0) is 12.3. The molecule has 0 unspecified atom stereocenters. The summed E-state index contributed by atoms with van der Waals surface area (Å²) in [7, 11) is 1.95. The van der Waals surface area contributed by atoms with E-state index in [-0.39, 0.29) is 0 Å². The normalized spacial score (nSPS) is 10.1. The van der Waals surface area contributed by atoms with Crippen molar-refractivity contribution in [1.82, 2.24) is 9.97 Å². The monoisotopic (exact) mass is 229 g/mol. The Morgan fingerprint density at radius 1 is 1.18 bits per heavy atom. The van der Waals surface area contributed by atoms with Crippen LogP contribution in [0.4, 0.5) is 17.5 Å². The Kier molecular flexibility index (Phi) is 3.20. The molecule has 0 saturated carbocycles. The van der Waals surface area contributed by atoms with E-state index in [1.54, 1.807) is 6.20 Å². The fourth-order valence-corrected chi connectivity index (χ4v) is 1.51. The largest absolute Gasteiger partial charge is 0.329 e. The number of nitrogens with zero attached hydrogens (tertiary/aromatic N) is 3. The molecule has 2 aromatic rings. The Morgan fingerprint density at radius 3 is 2.53 bits per heavy atom. The lowest BCUT2D eigenvalue weighted by Gasteiger charge is -2.18. The molecule has 0 aliphatic rings. The quantitative estimate of drug-likeness (QED) is 0.621. The average Bonchev–Trinajstić information content (AvgIpc) is 2.39. The predicted octanol–water partition coefficient (Wildman–Crippen LogP) is 1.84. The van der Waals surface area contributed by atoms with E-state index in [0.29, 0.717) is 5.95 Å². The summed E-state index contributed by atoms with van der Waals surface area (Å²) in [4.78, 5) is 10.2. The van der Waals surface area contributed by atoms with Gasteiger partial charge in [-0.3, -0.25) is 5.43 Å². The molecule has 5 heteroatoms. The fourth-order valence-electron chi connectivity index (χ4n) is 1.51. The van der Waals surface area contributed by atoms with E-state index in [9.17, 15) is 0 Å². The van der Waals surface area contributed by atoms with E-state index in [1.165, 1.54) is 5.56 Å². The summed E-state index contributed by atoms with van der Waals surface area (Å²) in [6.45, 7) is 2.06. The van der Waals surface area contributed by atoms with Crippen LogP contribution in [0.5, 0.6) is 0 Å². The van der Waals surface area contributed by atoms with Crippen LogP contribution in [-0.4, -0.2) is 17.0 Å². The summed E-state index contributed by atoms with van der Waals surface area (Å²) < 4.78 is 0. The van der Waals surface area contributed by atoms with E-state index in [2.05, 4.69) is 34.5 Å². The number of hydrogen-bond acceptors (Lipinski definition) is 5. The first-order valence-electron chi connectivity index (χ1n) is 5.31. The minimum atomic E-state index is 0.404. The molecule has 1 aromatic carbocycles. The second-order valence-corrected chi connectivity index (χ2v) is 3.78. The average molecular weight is 229 g/mol. The predicted molar refractivity (Wildman–Crippen MR) is 69.1 cm³/mol. The maximum Gasteiger partial charge on any atom is 0.239 e. The van der Waals surface area contributed by atoms with Crippen molar-refractivity contribution < 1.29 is 0 Å². The number of hydrazine groups is 1. The summed E-state index contributed by atoms with van der Waals surface area (Å²) >= 11 is 0. The van der Waals surface area contributed by atoms with Gasteiger partial charge in [0, 0.05) is 18.9 Å². The number of aryl methyl sites for hydroxylation is 1. The molecule has 0 amide bonds. The molecule has 0 spiro atoms. The number of nitrogens with one attached hydrogen (secondary N) is 1. The summed E-state index contributed by atoms with van der Waals surface area (Å²) in [5.74, 6) is 6.48. The smallest absolute Gasteiger partial charge is 0.239 e. The van der Waals surface area contributed by atoms with Crippen molar-refractivity contribution in [2.75, 3.05) is 17.4 Å². The SMILES string of the molecule is Cc1ccc(N(C)c2ccnc(NN)n2)cc1. The molecule has 0 radical (unpaired) electrons. The Bertz CT molecular complexity index is 495. The van der Waals surface area contributed by atoms with E-state index in [4.69, 9.17) is 5.84 Å². The fraction of sp³-hybridized carbons (Fsp3) is 0.167. The number of aromatic nitrogens is 2. The molecule has 5 nitrogen and oxygen atoms in total. The third-order valence-electron chi connectivity index (χ3n) is 2.53. The van der Waals surface area contributed by atoms with Gasteiger partial charge in [0.15, 0.2) is 0 Å². The lowest BCUT2D eigenvalue weighted by molar-refractivity contribution is 1.06. The van der Waals surface area contributed by atoms with Crippen LogP contribution < -0.4 is 16.2 Å². The van der Waals surface area contributed by atoms with Crippen LogP contribution in [-0.2, 0) is 0 Å². The zero-order valence-electron chi connectivity index (χ0n) is 9.88. The first kappa shape index (κ1) is 11.3. The second-order valence-electron chi connectivity index (χ2n) is 3.78. The Hall–Kier alpha value is -2.14. The second kappa shape index (κ2) is 4.80. The van der Waals surface area contributed by atoms with Gasteiger partial charge in [0.2, 0.25) is 5.95 Å². The number of nitrogen functional groups attached to an aromatic ring is 1. The number of anilines is 3. The highest BCUT2D eigenvalue weighted by Crippen LogP contribution is 2.21. The van der Waals surface area contributed by atoms with Gasteiger partial charge in [-0.15, -0.1) is 0 Å². The van der Waals surface area contributed by atoms with E-state index in [1.807, 2.05) is 30.1 Å². The molecule has 17 heavy (non-hydrogen) atoms. The lowest BCUT2D eigenvalue weighted by Crippen LogP contribution is -2.15. The van der Waals surface area contributed by atoms with Gasteiger partial charge < -0.3 is 4.90 Å². The van der Waals surface area contributed by atoms with E-state index in [0.717, 1.165) is 11.5 Å². The zero-order valence-corrected chi connectivity index (χ0v) is 9.88. The van der Waals surface area contributed by atoms with Crippen LogP contribution in [0.25, 0.3) is 0 Å². The molecule has 0 fully saturated rings. The van der Waals surface area contributed by atoms with Crippen molar-refractivity contribution >= 4 is 17.5 Å². The van der Waals surface area contributed by atoms with Crippen molar-refractivity contribution in [2.24, 2.45) is 5.84 Å². The summed E-state index contributed by atoms with van der Waals surface area (Å²) in [6, 6.07) is 10.1. The molecular formula is C12H15N5. The van der Waals surface area contributed by atoms with Crippen LogP contribution in [0.1, 0.15) is 5.56 Å². The van der Waals surface area contributed by atoms with Gasteiger partial charge in [0.25, 0.3) is 0 Å². The first-order chi connectivity index (χ1) is 8.20. The Labute approximate surface area is 100 Å². The lowest BCUT2D eigenvalue weighted by atomic mass is 10.2. The van der Waals surface area contributed by atoms with Gasteiger partial charge in [-0.1, -0.05) is 17.7 Å². The third kappa shape index (κ3) is 2.51. The van der Waals surface area contributed by atoms with E-state index < -0.39 is 0 Å². The summed E-state index contributed by atoms with van der Waals surface area (Å²) in [5.41, 5.74) is 4.73. The topological polar surface area (TPSA) is 67.1 Å². The third-order valence-corrected chi connectivity index (χ3v) is 2.53. The summed E-state index contributed by atoms with van der Waals surface area (Å²) in [6.07, 6.45) is 1.67. The number of benzene rings is 1. The molecule has 0 bridgehead atoms. The van der Waals surface area contributed by atoms with E-state index >= 15 is 0 Å². The van der Waals surface area contributed by atoms with Crippen LogP contribution in [0, 0.1) is 6.92 Å². The van der Waals surface area contributed by atoms with Gasteiger partial charge in [0.1, 0.15) is 5.82 Å². The highest BCUT2D eigenvalue weighted by molar-refractivity contribution is 5.59. The summed E-state index contributed by atoms with van der Waals surface area (Å²) in [5, 5.41) is 0.